The maximum absolute atomic E-state index is 11.9. The Bertz CT molecular complexity index is 163. The first-order valence-corrected chi connectivity index (χ1v) is 4.39. The molecule has 0 spiro atoms. The van der Waals surface area contributed by atoms with E-state index in [-0.39, 0.29) is 6.54 Å². The highest BCUT2D eigenvalue weighted by Gasteiger charge is 2.02. The molecule has 0 radical (unpaired) electrons. The van der Waals surface area contributed by atoms with Gasteiger partial charge in [0.15, 0.2) is 0 Å². The van der Waals surface area contributed by atoms with E-state index in [9.17, 15) is 12.8 Å². The van der Waals surface area contributed by atoms with Gasteiger partial charge in [-0.2, -0.15) is 0 Å². The number of nitrogens with one attached hydrogen (secondary N) is 1. The van der Waals surface area contributed by atoms with E-state index >= 15 is 0 Å². The molecule has 1 atom stereocenters. The van der Waals surface area contributed by atoms with Gasteiger partial charge in [0.2, 0.25) is 10.0 Å². The van der Waals surface area contributed by atoms with E-state index in [1.807, 2.05) is 4.72 Å². The summed E-state index contributed by atoms with van der Waals surface area (Å²) in [4.78, 5) is 0. The van der Waals surface area contributed by atoms with Gasteiger partial charge in [-0.3, -0.25) is 0 Å². The monoisotopic (exact) mass is 155 g/mol. The first-order valence-electron chi connectivity index (χ1n) is 2.50. The minimum Gasteiger partial charge on any atom is -0.246 e. The Morgan fingerprint density at radius 2 is 2.11 bits per heavy atom. The Kier molecular flexibility index (Phi) is 3.07. The molecule has 9 heavy (non-hydrogen) atoms. The van der Waals surface area contributed by atoms with Crippen LogP contribution < -0.4 is 4.72 Å². The van der Waals surface area contributed by atoms with Crippen molar-refractivity contribution in [2.45, 2.75) is 13.1 Å². The standard InChI is InChI=1S/C4H10FNO2S/c1-4(5)3-6-9(2,7)8/h4,6H,3H2,1-2H3. The van der Waals surface area contributed by atoms with E-state index in [0.717, 1.165) is 6.26 Å². The van der Waals surface area contributed by atoms with Crippen LogP contribution in [0.15, 0.2) is 0 Å². The van der Waals surface area contributed by atoms with Gasteiger partial charge in [0.1, 0.15) is 6.17 Å². The zero-order valence-electron chi connectivity index (χ0n) is 5.39. The van der Waals surface area contributed by atoms with Gasteiger partial charge in [0.05, 0.1) is 6.26 Å². The second-order valence-corrected chi connectivity index (χ2v) is 3.73. The van der Waals surface area contributed by atoms with E-state index in [1.165, 1.54) is 6.92 Å². The summed E-state index contributed by atoms with van der Waals surface area (Å²) in [6.45, 7) is 1.15. The third kappa shape index (κ3) is 7.84. The molecule has 0 aromatic rings. The third-order valence-corrected chi connectivity index (χ3v) is 1.32. The Balaban J connectivity index is 3.53. The summed E-state index contributed by atoms with van der Waals surface area (Å²) in [5.74, 6) is 0. The van der Waals surface area contributed by atoms with E-state index in [4.69, 9.17) is 0 Å². The molecule has 3 nitrogen and oxygen atoms in total. The molecule has 0 saturated heterocycles. The number of alkyl halides is 1. The van der Waals surface area contributed by atoms with Crippen LogP contribution in [0.2, 0.25) is 0 Å². The lowest BCUT2D eigenvalue weighted by atomic mass is 10.5. The van der Waals surface area contributed by atoms with Gasteiger partial charge < -0.3 is 0 Å². The molecule has 0 aliphatic heterocycles. The summed E-state index contributed by atoms with van der Waals surface area (Å²) in [6, 6.07) is 0. The normalized spacial score (nSPS) is 15.4. The van der Waals surface area contributed by atoms with Crippen LogP contribution in [-0.2, 0) is 10.0 Å². The molecule has 0 aliphatic rings. The molecule has 56 valence electrons. The quantitative estimate of drug-likeness (QED) is 0.618. The SMILES string of the molecule is CC(F)CNS(C)(=O)=O. The van der Waals surface area contributed by atoms with E-state index in [2.05, 4.69) is 0 Å². The van der Waals surface area contributed by atoms with Crippen LogP contribution >= 0.6 is 0 Å². The second-order valence-electron chi connectivity index (χ2n) is 1.90. The average Bonchev–Trinajstić information content (AvgIpc) is 1.59. The number of halogens is 1. The smallest absolute Gasteiger partial charge is 0.208 e. The molecule has 0 bridgehead atoms. The highest BCUT2D eigenvalue weighted by molar-refractivity contribution is 7.88. The molecular formula is C4H10FNO2S. The van der Waals surface area contributed by atoms with Gasteiger partial charge in [0.25, 0.3) is 0 Å². The summed E-state index contributed by atoms with van der Waals surface area (Å²) in [6.07, 6.45) is -0.130. The molecule has 0 heterocycles. The molecule has 1 unspecified atom stereocenters. The van der Waals surface area contributed by atoms with E-state index < -0.39 is 16.2 Å². The van der Waals surface area contributed by atoms with Crippen molar-refractivity contribution in [3.63, 3.8) is 0 Å². The van der Waals surface area contributed by atoms with Crippen molar-refractivity contribution < 1.29 is 12.8 Å². The fourth-order valence-corrected chi connectivity index (χ4v) is 0.799. The second kappa shape index (κ2) is 3.12. The summed E-state index contributed by atoms with van der Waals surface area (Å²) in [5.41, 5.74) is 0. The Morgan fingerprint density at radius 3 is 2.22 bits per heavy atom. The Hall–Kier alpha value is -0.160. The Morgan fingerprint density at radius 1 is 1.67 bits per heavy atom. The predicted molar refractivity (Wildman–Crippen MR) is 33.4 cm³/mol. The molecule has 0 amide bonds. The highest BCUT2D eigenvalue weighted by atomic mass is 32.2. The molecule has 1 N–H and O–H groups in total. The number of rotatable bonds is 3. The molecular weight excluding hydrogens is 145 g/mol. The number of sulfonamides is 1. The summed E-state index contributed by atoms with van der Waals surface area (Å²) < 4.78 is 34.4. The lowest BCUT2D eigenvalue weighted by Gasteiger charge is -2.00. The fourth-order valence-electron chi connectivity index (χ4n) is 0.266. The lowest BCUT2D eigenvalue weighted by Crippen LogP contribution is -2.27. The lowest BCUT2D eigenvalue weighted by molar-refractivity contribution is 0.360. The van der Waals surface area contributed by atoms with Crippen molar-refractivity contribution in [3.8, 4) is 0 Å². The zero-order chi connectivity index (χ0) is 7.49. The fraction of sp³-hybridized carbons (Fsp3) is 1.00. The molecule has 0 fully saturated rings. The number of hydrogen-bond acceptors (Lipinski definition) is 2. The van der Waals surface area contributed by atoms with Crippen molar-refractivity contribution >= 4 is 10.0 Å². The van der Waals surface area contributed by atoms with Gasteiger partial charge in [0, 0.05) is 6.54 Å². The maximum atomic E-state index is 11.9. The summed E-state index contributed by atoms with van der Waals surface area (Å²) in [5, 5.41) is 0. The van der Waals surface area contributed by atoms with Crippen LogP contribution in [-0.4, -0.2) is 27.4 Å². The minimum atomic E-state index is -3.21. The maximum Gasteiger partial charge on any atom is 0.208 e. The largest absolute Gasteiger partial charge is 0.246 e. The molecule has 0 aliphatic carbocycles. The predicted octanol–water partition coefficient (Wildman–Crippen LogP) is -0.106. The van der Waals surface area contributed by atoms with Crippen LogP contribution in [0.4, 0.5) is 4.39 Å². The molecule has 0 aromatic heterocycles. The molecule has 0 rings (SSSR count). The van der Waals surface area contributed by atoms with E-state index in [0.29, 0.717) is 0 Å². The van der Waals surface area contributed by atoms with Gasteiger partial charge in [-0.05, 0) is 6.92 Å². The van der Waals surface area contributed by atoms with Crippen LogP contribution in [0.1, 0.15) is 6.92 Å². The van der Waals surface area contributed by atoms with Gasteiger partial charge >= 0.3 is 0 Å². The first-order chi connectivity index (χ1) is 3.92. The summed E-state index contributed by atoms with van der Waals surface area (Å²) in [7, 11) is -3.21. The molecule has 0 saturated carbocycles. The van der Waals surface area contributed by atoms with Crippen molar-refractivity contribution in [2.24, 2.45) is 0 Å². The minimum absolute atomic E-state index is 0.140. The molecule has 0 aromatic carbocycles. The van der Waals surface area contributed by atoms with Crippen LogP contribution in [0.3, 0.4) is 0 Å². The first kappa shape index (κ1) is 8.84. The van der Waals surface area contributed by atoms with Crippen molar-refractivity contribution in [3.05, 3.63) is 0 Å². The average molecular weight is 155 g/mol. The zero-order valence-corrected chi connectivity index (χ0v) is 6.20. The van der Waals surface area contributed by atoms with Crippen LogP contribution in [0, 0.1) is 0 Å². The highest BCUT2D eigenvalue weighted by Crippen LogP contribution is 1.84. The third-order valence-electron chi connectivity index (χ3n) is 0.627. The van der Waals surface area contributed by atoms with Gasteiger partial charge in [-0.25, -0.2) is 17.5 Å². The van der Waals surface area contributed by atoms with E-state index in [1.54, 1.807) is 0 Å². The van der Waals surface area contributed by atoms with Gasteiger partial charge in [-0.1, -0.05) is 0 Å². The topological polar surface area (TPSA) is 46.2 Å². The van der Waals surface area contributed by atoms with Crippen molar-refractivity contribution in [1.29, 1.82) is 0 Å². The molecule has 5 heteroatoms. The van der Waals surface area contributed by atoms with Crippen LogP contribution in [0.25, 0.3) is 0 Å². The number of hydrogen-bond donors (Lipinski definition) is 1. The van der Waals surface area contributed by atoms with Crippen molar-refractivity contribution in [1.82, 2.24) is 4.72 Å². The Labute approximate surface area is 54.3 Å². The summed E-state index contributed by atoms with van der Waals surface area (Å²) >= 11 is 0. The van der Waals surface area contributed by atoms with Crippen molar-refractivity contribution in [2.75, 3.05) is 12.8 Å². The van der Waals surface area contributed by atoms with Crippen LogP contribution in [0.5, 0.6) is 0 Å². The van der Waals surface area contributed by atoms with Gasteiger partial charge in [-0.15, -0.1) is 0 Å².